The number of carbonyl (C=O) groups excluding carboxylic acids is 1. The van der Waals surface area contributed by atoms with Gasteiger partial charge in [0.05, 0.1) is 23.2 Å². The number of aryl methyl sites for hydroxylation is 3. The summed E-state index contributed by atoms with van der Waals surface area (Å²) in [7, 11) is -3.98. The molecule has 0 bridgehead atoms. The van der Waals surface area contributed by atoms with Crippen LogP contribution in [-0.2, 0) is 14.8 Å². The fourth-order valence-electron chi connectivity index (χ4n) is 3.80. The van der Waals surface area contributed by atoms with Gasteiger partial charge in [0.25, 0.3) is 10.0 Å². The highest BCUT2D eigenvalue weighted by atomic mass is 32.2. The Bertz CT molecular complexity index is 1250. The lowest BCUT2D eigenvalue weighted by Crippen LogP contribution is -2.42. The average Bonchev–Trinajstić information content (AvgIpc) is 2.84. The van der Waals surface area contributed by atoms with Crippen molar-refractivity contribution >= 4 is 21.6 Å². The van der Waals surface area contributed by atoms with E-state index in [0.29, 0.717) is 24.5 Å². The molecule has 0 heterocycles. The number of amides is 1. The number of nitrogens with one attached hydrogen (secondary N) is 1. The van der Waals surface area contributed by atoms with Crippen LogP contribution in [0.15, 0.2) is 71.6 Å². The Labute approximate surface area is 209 Å². The summed E-state index contributed by atoms with van der Waals surface area (Å²) in [4.78, 5) is 13.3. The van der Waals surface area contributed by atoms with Gasteiger partial charge < -0.3 is 10.1 Å². The van der Waals surface area contributed by atoms with Gasteiger partial charge in [0.15, 0.2) is 0 Å². The third-order valence-corrected chi connectivity index (χ3v) is 7.80. The van der Waals surface area contributed by atoms with Gasteiger partial charge in [-0.3, -0.25) is 9.10 Å². The van der Waals surface area contributed by atoms with Crippen molar-refractivity contribution in [2.45, 2.75) is 52.0 Å². The average molecular weight is 495 g/mol. The van der Waals surface area contributed by atoms with Crippen LogP contribution >= 0.6 is 0 Å². The van der Waals surface area contributed by atoms with E-state index in [1.54, 1.807) is 48.5 Å². The molecule has 3 aromatic rings. The first kappa shape index (κ1) is 26.3. The number of anilines is 1. The number of carbonyl (C=O) groups is 1. The number of ether oxygens (including phenoxy) is 1. The summed E-state index contributed by atoms with van der Waals surface area (Å²) in [6.45, 7) is 10.0. The van der Waals surface area contributed by atoms with Crippen molar-refractivity contribution in [3.05, 3.63) is 89.0 Å². The van der Waals surface area contributed by atoms with E-state index in [-0.39, 0.29) is 23.4 Å². The fourth-order valence-corrected chi connectivity index (χ4v) is 5.22. The molecular formula is C28H34N2O4S. The predicted octanol–water partition coefficient (Wildman–Crippen LogP) is 5.47. The summed E-state index contributed by atoms with van der Waals surface area (Å²) in [6, 6.07) is 19.2. The minimum Gasteiger partial charge on any atom is -0.494 e. The van der Waals surface area contributed by atoms with E-state index in [4.69, 9.17) is 4.74 Å². The molecule has 1 N–H and O–H groups in total. The van der Waals surface area contributed by atoms with Gasteiger partial charge in [-0.25, -0.2) is 8.42 Å². The number of nitrogens with zero attached hydrogens (tertiary/aromatic N) is 1. The van der Waals surface area contributed by atoms with Crippen molar-refractivity contribution in [3.63, 3.8) is 0 Å². The lowest BCUT2D eigenvalue weighted by molar-refractivity contribution is -0.120. The summed E-state index contributed by atoms with van der Waals surface area (Å²) < 4.78 is 33.9. The van der Waals surface area contributed by atoms with E-state index in [0.717, 1.165) is 21.0 Å². The number of benzene rings is 3. The van der Waals surface area contributed by atoms with Gasteiger partial charge >= 0.3 is 0 Å². The Morgan fingerprint density at radius 1 is 0.914 bits per heavy atom. The quantitative estimate of drug-likeness (QED) is 0.405. The zero-order chi connectivity index (χ0) is 25.6. The molecule has 3 aromatic carbocycles. The lowest BCUT2D eigenvalue weighted by atomic mass is 9.99. The highest BCUT2D eigenvalue weighted by Crippen LogP contribution is 2.27. The Morgan fingerprint density at radius 3 is 2.14 bits per heavy atom. The molecule has 0 aliphatic heterocycles. The first-order valence-corrected chi connectivity index (χ1v) is 13.3. The maximum atomic E-state index is 13.6. The molecule has 6 nitrogen and oxygen atoms in total. The minimum absolute atomic E-state index is 0.131. The molecule has 1 unspecified atom stereocenters. The second-order valence-corrected chi connectivity index (χ2v) is 10.5. The zero-order valence-electron chi connectivity index (χ0n) is 21.0. The van der Waals surface area contributed by atoms with E-state index >= 15 is 0 Å². The minimum atomic E-state index is -3.98. The van der Waals surface area contributed by atoms with Crippen molar-refractivity contribution in [3.8, 4) is 5.75 Å². The summed E-state index contributed by atoms with van der Waals surface area (Å²) in [6.07, 6.45) is 0.683. The summed E-state index contributed by atoms with van der Waals surface area (Å²) in [5, 5.41) is 3.02. The van der Waals surface area contributed by atoms with Gasteiger partial charge in [-0.15, -0.1) is 0 Å². The van der Waals surface area contributed by atoms with Crippen LogP contribution in [0.25, 0.3) is 0 Å². The highest BCUT2D eigenvalue weighted by Gasteiger charge is 2.28. The van der Waals surface area contributed by atoms with Crippen LogP contribution in [-0.4, -0.2) is 27.5 Å². The Balaban J connectivity index is 1.91. The number of rotatable bonds is 10. The Hall–Kier alpha value is -3.32. The van der Waals surface area contributed by atoms with Crippen LogP contribution in [0.2, 0.25) is 0 Å². The van der Waals surface area contributed by atoms with Crippen molar-refractivity contribution in [1.82, 2.24) is 5.32 Å². The van der Waals surface area contributed by atoms with Gasteiger partial charge in [0.2, 0.25) is 5.91 Å². The maximum Gasteiger partial charge on any atom is 0.264 e. The van der Waals surface area contributed by atoms with Crippen LogP contribution in [0.1, 0.15) is 48.6 Å². The summed E-state index contributed by atoms with van der Waals surface area (Å²) in [5.41, 5.74) is 4.67. The number of hydrogen-bond acceptors (Lipinski definition) is 4. The molecule has 0 saturated heterocycles. The van der Waals surface area contributed by atoms with E-state index < -0.39 is 10.0 Å². The van der Waals surface area contributed by atoms with Crippen molar-refractivity contribution in [2.75, 3.05) is 17.5 Å². The largest absolute Gasteiger partial charge is 0.494 e. The Morgan fingerprint density at radius 2 is 1.57 bits per heavy atom. The summed E-state index contributed by atoms with van der Waals surface area (Å²) >= 11 is 0. The SMILES string of the molecule is CCOc1ccc(N(CC(=O)NC(CC)c2ccc(C)c(C)c2)S(=O)(=O)c2ccc(C)cc2)cc1. The topological polar surface area (TPSA) is 75.7 Å². The van der Waals surface area contributed by atoms with Gasteiger partial charge in [-0.1, -0.05) is 42.8 Å². The number of sulfonamides is 1. The third-order valence-electron chi connectivity index (χ3n) is 6.01. The molecule has 0 aliphatic carbocycles. The van der Waals surface area contributed by atoms with Crippen LogP contribution in [0.3, 0.4) is 0 Å². The molecule has 3 rings (SSSR count). The van der Waals surface area contributed by atoms with E-state index in [9.17, 15) is 13.2 Å². The molecular weight excluding hydrogens is 460 g/mol. The Kier molecular flexibility index (Phi) is 8.57. The molecule has 0 saturated carbocycles. The monoisotopic (exact) mass is 494 g/mol. The van der Waals surface area contributed by atoms with E-state index in [2.05, 4.69) is 11.4 Å². The lowest BCUT2D eigenvalue weighted by Gasteiger charge is -2.26. The smallest absolute Gasteiger partial charge is 0.264 e. The van der Waals surface area contributed by atoms with Crippen LogP contribution in [0.4, 0.5) is 5.69 Å². The first-order valence-electron chi connectivity index (χ1n) is 11.8. The molecule has 0 aliphatic rings. The van der Waals surface area contributed by atoms with E-state index in [1.165, 1.54) is 5.56 Å². The molecule has 186 valence electrons. The molecule has 1 atom stereocenters. The molecule has 0 aromatic heterocycles. The molecule has 0 radical (unpaired) electrons. The summed E-state index contributed by atoms with van der Waals surface area (Å²) in [5.74, 6) is 0.258. The van der Waals surface area contributed by atoms with Gasteiger partial charge in [0, 0.05) is 0 Å². The van der Waals surface area contributed by atoms with Crippen molar-refractivity contribution < 1.29 is 17.9 Å². The van der Waals surface area contributed by atoms with Crippen LogP contribution in [0, 0.1) is 20.8 Å². The highest BCUT2D eigenvalue weighted by molar-refractivity contribution is 7.92. The fraction of sp³-hybridized carbons (Fsp3) is 0.321. The van der Waals surface area contributed by atoms with Crippen molar-refractivity contribution in [1.29, 1.82) is 0 Å². The molecule has 1 amide bonds. The van der Waals surface area contributed by atoms with Crippen molar-refractivity contribution in [2.24, 2.45) is 0 Å². The first-order chi connectivity index (χ1) is 16.6. The van der Waals surface area contributed by atoms with Crippen LogP contribution in [0.5, 0.6) is 5.75 Å². The molecule has 35 heavy (non-hydrogen) atoms. The molecule has 7 heteroatoms. The maximum absolute atomic E-state index is 13.6. The second-order valence-electron chi connectivity index (χ2n) is 8.62. The van der Waals surface area contributed by atoms with Crippen LogP contribution < -0.4 is 14.4 Å². The zero-order valence-corrected chi connectivity index (χ0v) is 21.9. The molecule has 0 fully saturated rings. The molecule has 0 spiro atoms. The normalized spacial score (nSPS) is 12.1. The van der Waals surface area contributed by atoms with Gasteiger partial charge in [-0.2, -0.15) is 0 Å². The second kappa shape index (κ2) is 11.4. The van der Waals surface area contributed by atoms with Gasteiger partial charge in [-0.05, 0) is 87.2 Å². The standard InChI is InChI=1S/C28H34N2O4S/c1-6-27(23-11-10-21(4)22(5)18-23)29-28(31)19-30(24-12-14-25(15-13-24)34-7-2)35(32,33)26-16-8-20(3)9-17-26/h8-18,27H,6-7,19H2,1-5H3,(H,29,31). The number of hydrogen-bond donors (Lipinski definition) is 1. The van der Waals surface area contributed by atoms with Gasteiger partial charge in [0.1, 0.15) is 12.3 Å². The predicted molar refractivity (Wildman–Crippen MR) is 140 cm³/mol. The third kappa shape index (κ3) is 6.42. The van der Waals surface area contributed by atoms with E-state index in [1.807, 2.05) is 46.8 Å².